The van der Waals surface area contributed by atoms with Gasteiger partial charge in [-0.05, 0) is 12.1 Å². The minimum Gasteiger partial charge on any atom is -0.495 e. The number of para-hydroxylation sites is 2. The number of nitrogens with two attached hydrogens (primary N) is 1. The van der Waals surface area contributed by atoms with Gasteiger partial charge in [-0.3, -0.25) is 0 Å². The molecule has 2 unspecified atom stereocenters. The van der Waals surface area contributed by atoms with Crippen molar-refractivity contribution < 1.29 is 9.47 Å². The van der Waals surface area contributed by atoms with Gasteiger partial charge in [0, 0.05) is 25.6 Å². The van der Waals surface area contributed by atoms with Crippen LogP contribution in [0.3, 0.4) is 0 Å². The second kappa shape index (κ2) is 7.14. The summed E-state index contributed by atoms with van der Waals surface area (Å²) in [6, 6.07) is 8.00. The third kappa shape index (κ3) is 3.91. The Hall–Kier alpha value is -1.26. The van der Waals surface area contributed by atoms with Crippen LogP contribution >= 0.6 is 0 Å². The van der Waals surface area contributed by atoms with E-state index >= 15 is 0 Å². The van der Waals surface area contributed by atoms with Gasteiger partial charge in [-0.2, -0.15) is 0 Å². The van der Waals surface area contributed by atoms with E-state index in [9.17, 15) is 0 Å². The summed E-state index contributed by atoms with van der Waals surface area (Å²) >= 11 is 0. The molecule has 4 heteroatoms. The highest BCUT2D eigenvalue weighted by atomic mass is 16.5. The highest BCUT2D eigenvalue weighted by Gasteiger charge is 2.16. The molecule has 0 saturated heterocycles. The molecule has 0 aliphatic carbocycles. The smallest absolute Gasteiger partial charge is 0.141 e. The molecule has 1 rings (SSSR count). The molecule has 0 amide bonds. The van der Waals surface area contributed by atoms with Crippen molar-refractivity contribution in [3.63, 3.8) is 0 Å². The van der Waals surface area contributed by atoms with Gasteiger partial charge in [-0.15, -0.1) is 0 Å². The second-order valence-corrected chi connectivity index (χ2v) is 4.12. The van der Waals surface area contributed by atoms with E-state index < -0.39 is 0 Å². The van der Waals surface area contributed by atoms with Crippen LogP contribution in [0.15, 0.2) is 24.3 Å². The average molecular weight is 238 g/mol. The summed E-state index contributed by atoms with van der Waals surface area (Å²) < 4.78 is 10.4. The fraction of sp³-hybridized carbons (Fsp3) is 0.538. The van der Waals surface area contributed by atoms with E-state index in [4.69, 9.17) is 15.2 Å². The van der Waals surface area contributed by atoms with Crippen LogP contribution in [0.2, 0.25) is 0 Å². The molecule has 0 heterocycles. The van der Waals surface area contributed by atoms with Gasteiger partial charge in [0.25, 0.3) is 0 Å². The molecule has 0 spiro atoms. The lowest BCUT2D eigenvalue weighted by Crippen LogP contribution is -2.37. The van der Waals surface area contributed by atoms with Crippen LogP contribution in [0, 0.1) is 5.92 Å². The van der Waals surface area contributed by atoms with E-state index in [-0.39, 0.29) is 6.04 Å². The molecular formula is C13H22N2O2. The quantitative estimate of drug-likeness (QED) is 0.759. The van der Waals surface area contributed by atoms with E-state index in [0.717, 1.165) is 11.4 Å². The summed E-state index contributed by atoms with van der Waals surface area (Å²) in [4.78, 5) is 0. The summed E-state index contributed by atoms with van der Waals surface area (Å²) in [6.07, 6.45) is 0. The Kier molecular flexibility index (Phi) is 5.80. The van der Waals surface area contributed by atoms with E-state index in [1.54, 1.807) is 14.2 Å². The SMILES string of the molecule is COCC(C)C(CN)Nc1ccccc1OC. The van der Waals surface area contributed by atoms with Gasteiger partial charge < -0.3 is 20.5 Å². The van der Waals surface area contributed by atoms with Gasteiger partial charge in [-0.25, -0.2) is 0 Å². The Morgan fingerprint density at radius 1 is 1.29 bits per heavy atom. The summed E-state index contributed by atoms with van der Waals surface area (Å²) in [6.45, 7) is 3.36. The first-order valence-corrected chi connectivity index (χ1v) is 5.81. The molecule has 0 radical (unpaired) electrons. The number of nitrogens with one attached hydrogen (secondary N) is 1. The van der Waals surface area contributed by atoms with Gasteiger partial charge in [0.1, 0.15) is 5.75 Å². The lowest BCUT2D eigenvalue weighted by atomic mass is 10.0. The third-order valence-electron chi connectivity index (χ3n) is 2.82. The highest BCUT2D eigenvalue weighted by molar-refractivity contribution is 5.56. The topological polar surface area (TPSA) is 56.5 Å². The zero-order valence-corrected chi connectivity index (χ0v) is 10.8. The van der Waals surface area contributed by atoms with Crippen molar-refractivity contribution in [3.8, 4) is 5.75 Å². The Balaban J connectivity index is 2.73. The predicted molar refractivity (Wildman–Crippen MR) is 70.5 cm³/mol. The van der Waals surface area contributed by atoms with Gasteiger partial charge >= 0.3 is 0 Å². The number of methoxy groups -OCH3 is 2. The first-order valence-electron chi connectivity index (χ1n) is 5.81. The Labute approximate surface area is 103 Å². The minimum absolute atomic E-state index is 0.172. The predicted octanol–water partition coefficient (Wildman–Crippen LogP) is 1.72. The molecule has 0 aliphatic heterocycles. The standard InChI is InChI=1S/C13H22N2O2/c1-10(9-16-2)12(8-14)15-11-6-4-5-7-13(11)17-3/h4-7,10,12,15H,8-9,14H2,1-3H3. The molecule has 4 nitrogen and oxygen atoms in total. The lowest BCUT2D eigenvalue weighted by Gasteiger charge is -2.25. The van der Waals surface area contributed by atoms with Crippen LogP contribution < -0.4 is 15.8 Å². The van der Waals surface area contributed by atoms with E-state index in [1.807, 2.05) is 24.3 Å². The van der Waals surface area contributed by atoms with Gasteiger partial charge in [-0.1, -0.05) is 19.1 Å². The van der Waals surface area contributed by atoms with Crippen LogP contribution in [-0.2, 0) is 4.74 Å². The maximum Gasteiger partial charge on any atom is 0.141 e. The molecule has 2 atom stereocenters. The summed E-state index contributed by atoms with van der Waals surface area (Å²) in [7, 11) is 3.36. The fourth-order valence-electron chi connectivity index (χ4n) is 1.78. The molecule has 0 bridgehead atoms. The molecule has 17 heavy (non-hydrogen) atoms. The normalized spacial score (nSPS) is 14.1. The van der Waals surface area contributed by atoms with Crippen molar-refractivity contribution in [3.05, 3.63) is 24.3 Å². The number of anilines is 1. The molecule has 3 N–H and O–H groups in total. The van der Waals surface area contributed by atoms with E-state index in [1.165, 1.54) is 0 Å². The Morgan fingerprint density at radius 2 is 2.00 bits per heavy atom. The minimum atomic E-state index is 0.172. The highest BCUT2D eigenvalue weighted by Crippen LogP contribution is 2.24. The van der Waals surface area contributed by atoms with Crippen molar-refractivity contribution in [2.75, 3.05) is 32.7 Å². The van der Waals surface area contributed by atoms with Crippen molar-refractivity contribution in [2.24, 2.45) is 11.7 Å². The summed E-state index contributed by atoms with van der Waals surface area (Å²) in [5.41, 5.74) is 6.75. The van der Waals surface area contributed by atoms with Crippen LogP contribution in [0.4, 0.5) is 5.69 Å². The van der Waals surface area contributed by atoms with E-state index in [0.29, 0.717) is 19.1 Å². The van der Waals surface area contributed by atoms with Crippen LogP contribution in [-0.4, -0.2) is 33.4 Å². The van der Waals surface area contributed by atoms with Gasteiger partial charge in [0.05, 0.1) is 19.4 Å². The summed E-state index contributed by atoms with van der Waals surface area (Å²) in [5.74, 6) is 1.17. The zero-order valence-electron chi connectivity index (χ0n) is 10.8. The largest absolute Gasteiger partial charge is 0.495 e. The monoisotopic (exact) mass is 238 g/mol. The second-order valence-electron chi connectivity index (χ2n) is 4.12. The first-order chi connectivity index (χ1) is 8.22. The Morgan fingerprint density at radius 3 is 2.59 bits per heavy atom. The maximum atomic E-state index is 5.78. The number of hydrogen-bond acceptors (Lipinski definition) is 4. The number of benzene rings is 1. The van der Waals surface area contributed by atoms with Crippen molar-refractivity contribution >= 4 is 5.69 Å². The molecule has 0 fully saturated rings. The first kappa shape index (κ1) is 13.8. The number of ether oxygens (including phenoxy) is 2. The third-order valence-corrected chi connectivity index (χ3v) is 2.82. The Bertz CT molecular complexity index is 331. The van der Waals surface area contributed by atoms with Crippen LogP contribution in [0.5, 0.6) is 5.75 Å². The molecule has 1 aromatic carbocycles. The van der Waals surface area contributed by atoms with Crippen molar-refractivity contribution in [1.82, 2.24) is 0 Å². The van der Waals surface area contributed by atoms with Crippen molar-refractivity contribution in [1.29, 1.82) is 0 Å². The lowest BCUT2D eigenvalue weighted by molar-refractivity contribution is 0.151. The van der Waals surface area contributed by atoms with Crippen molar-refractivity contribution in [2.45, 2.75) is 13.0 Å². The zero-order chi connectivity index (χ0) is 12.7. The molecule has 0 aliphatic rings. The maximum absolute atomic E-state index is 5.78. The average Bonchev–Trinajstić information content (AvgIpc) is 2.36. The molecule has 1 aromatic rings. The summed E-state index contributed by atoms with van der Waals surface area (Å²) in [5, 5.41) is 3.40. The fourth-order valence-corrected chi connectivity index (χ4v) is 1.78. The van der Waals surface area contributed by atoms with Crippen LogP contribution in [0.1, 0.15) is 6.92 Å². The van der Waals surface area contributed by atoms with Crippen LogP contribution in [0.25, 0.3) is 0 Å². The molecule has 0 aromatic heterocycles. The number of hydrogen-bond donors (Lipinski definition) is 2. The van der Waals surface area contributed by atoms with E-state index in [2.05, 4.69) is 12.2 Å². The molecule has 96 valence electrons. The number of rotatable bonds is 7. The molecule has 0 saturated carbocycles. The van der Waals surface area contributed by atoms with Gasteiger partial charge in [0.15, 0.2) is 0 Å². The van der Waals surface area contributed by atoms with Gasteiger partial charge in [0.2, 0.25) is 0 Å². The molecular weight excluding hydrogens is 216 g/mol.